The number of aryl methyl sites for hydroxylation is 1. The lowest BCUT2D eigenvalue weighted by Gasteiger charge is -2.24. The molecule has 36 heavy (non-hydrogen) atoms. The van der Waals surface area contributed by atoms with Crippen LogP contribution in [0.5, 0.6) is 0 Å². The SMILES string of the molecule is O=C(NC(c1ccccc1)c1ccccc1)[C@H](CCc1ccccc1)NS(=O)(=O)Cc1ccccc1. The van der Waals surface area contributed by atoms with Crippen molar-refractivity contribution in [1.29, 1.82) is 0 Å². The van der Waals surface area contributed by atoms with Crippen LogP contribution in [0.15, 0.2) is 121 Å². The minimum Gasteiger partial charge on any atom is -0.344 e. The first kappa shape index (κ1) is 25.4. The van der Waals surface area contributed by atoms with Crippen LogP contribution in [0.25, 0.3) is 0 Å². The zero-order valence-electron chi connectivity index (χ0n) is 20.0. The summed E-state index contributed by atoms with van der Waals surface area (Å²) in [5.41, 5.74) is 3.55. The zero-order valence-corrected chi connectivity index (χ0v) is 20.8. The predicted octanol–water partition coefficient (Wildman–Crippen LogP) is 5.01. The second-order valence-electron chi connectivity index (χ2n) is 8.70. The Morgan fingerprint density at radius 2 is 1.08 bits per heavy atom. The Labute approximate surface area is 213 Å². The van der Waals surface area contributed by atoms with Gasteiger partial charge in [-0.15, -0.1) is 0 Å². The fourth-order valence-electron chi connectivity index (χ4n) is 4.14. The standard InChI is InChI=1S/C30H30N2O3S/c33-30(31-29(26-17-9-3-10-18-26)27-19-11-4-12-20-27)28(22-21-24-13-5-1-6-14-24)32-36(34,35)23-25-15-7-2-8-16-25/h1-20,28-29,32H,21-23H2,(H,31,33)/t28-/m0/s1. The number of nitrogens with one attached hydrogen (secondary N) is 2. The smallest absolute Gasteiger partial charge is 0.238 e. The summed E-state index contributed by atoms with van der Waals surface area (Å²) in [7, 11) is -3.76. The van der Waals surface area contributed by atoms with E-state index >= 15 is 0 Å². The minimum absolute atomic E-state index is 0.191. The van der Waals surface area contributed by atoms with Gasteiger partial charge in [0.05, 0.1) is 11.8 Å². The van der Waals surface area contributed by atoms with Gasteiger partial charge in [0.2, 0.25) is 15.9 Å². The van der Waals surface area contributed by atoms with E-state index in [0.717, 1.165) is 16.7 Å². The Morgan fingerprint density at radius 3 is 1.58 bits per heavy atom. The number of sulfonamides is 1. The van der Waals surface area contributed by atoms with Gasteiger partial charge < -0.3 is 5.32 Å². The molecule has 4 aromatic rings. The number of rotatable bonds is 11. The topological polar surface area (TPSA) is 75.3 Å². The lowest BCUT2D eigenvalue weighted by atomic mass is 9.98. The first-order valence-corrected chi connectivity index (χ1v) is 13.6. The van der Waals surface area contributed by atoms with Crippen LogP contribution < -0.4 is 10.0 Å². The Bertz CT molecular complexity index is 1290. The second-order valence-corrected chi connectivity index (χ2v) is 10.5. The summed E-state index contributed by atoms with van der Waals surface area (Å²) in [4.78, 5) is 13.6. The molecule has 4 rings (SSSR count). The van der Waals surface area contributed by atoms with Crippen LogP contribution in [0.3, 0.4) is 0 Å². The summed E-state index contributed by atoms with van der Waals surface area (Å²) in [5, 5.41) is 3.11. The zero-order chi connectivity index (χ0) is 25.2. The van der Waals surface area contributed by atoms with Gasteiger partial charge in [0.1, 0.15) is 6.04 Å². The van der Waals surface area contributed by atoms with Gasteiger partial charge >= 0.3 is 0 Å². The Balaban J connectivity index is 1.57. The molecule has 0 aliphatic carbocycles. The van der Waals surface area contributed by atoms with Gasteiger partial charge in [-0.3, -0.25) is 4.79 Å². The normalized spacial score (nSPS) is 12.2. The number of carbonyl (C=O) groups excluding carboxylic acids is 1. The summed E-state index contributed by atoms with van der Waals surface area (Å²) >= 11 is 0. The van der Waals surface area contributed by atoms with Crippen molar-refractivity contribution < 1.29 is 13.2 Å². The maximum absolute atomic E-state index is 13.6. The molecule has 0 spiro atoms. The highest BCUT2D eigenvalue weighted by Crippen LogP contribution is 2.22. The Hall–Kier alpha value is -3.74. The molecule has 0 heterocycles. The quantitative estimate of drug-likeness (QED) is 0.305. The molecule has 4 aromatic carbocycles. The molecule has 2 N–H and O–H groups in total. The number of hydrogen-bond acceptors (Lipinski definition) is 3. The van der Waals surface area contributed by atoms with Crippen LogP contribution in [0, 0.1) is 0 Å². The van der Waals surface area contributed by atoms with Crippen molar-refractivity contribution in [3.8, 4) is 0 Å². The number of amides is 1. The molecule has 5 nitrogen and oxygen atoms in total. The Kier molecular flexibility index (Phi) is 8.66. The molecule has 0 bridgehead atoms. The van der Waals surface area contributed by atoms with E-state index in [1.807, 2.05) is 97.1 Å². The van der Waals surface area contributed by atoms with Crippen LogP contribution >= 0.6 is 0 Å². The molecule has 0 aromatic heterocycles. The molecule has 1 atom stereocenters. The van der Waals surface area contributed by atoms with Crippen molar-refractivity contribution >= 4 is 15.9 Å². The molecule has 0 saturated carbocycles. The van der Waals surface area contributed by atoms with E-state index in [1.165, 1.54) is 0 Å². The second kappa shape index (κ2) is 12.3. The third-order valence-corrected chi connectivity index (χ3v) is 7.31. The van der Waals surface area contributed by atoms with Gasteiger partial charge in [0.15, 0.2) is 0 Å². The van der Waals surface area contributed by atoms with Crippen molar-refractivity contribution in [2.24, 2.45) is 0 Å². The predicted molar refractivity (Wildman–Crippen MR) is 144 cm³/mol. The van der Waals surface area contributed by atoms with E-state index in [9.17, 15) is 13.2 Å². The first-order valence-electron chi connectivity index (χ1n) is 12.0. The molecule has 0 aliphatic rings. The Morgan fingerprint density at radius 1 is 0.639 bits per heavy atom. The maximum atomic E-state index is 13.6. The van der Waals surface area contributed by atoms with Gasteiger partial charge in [-0.1, -0.05) is 121 Å². The van der Waals surface area contributed by atoms with Crippen LogP contribution in [-0.2, 0) is 27.0 Å². The molecule has 6 heteroatoms. The van der Waals surface area contributed by atoms with E-state index in [0.29, 0.717) is 18.4 Å². The van der Waals surface area contributed by atoms with Crippen LogP contribution in [-0.4, -0.2) is 20.4 Å². The molecule has 0 unspecified atom stereocenters. The number of hydrogen-bond donors (Lipinski definition) is 2. The van der Waals surface area contributed by atoms with E-state index in [2.05, 4.69) is 10.0 Å². The van der Waals surface area contributed by atoms with Crippen LogP contribution in [0.1, 0.15) is 34.7 Å². The molecule has 0 aliphatic heterocycles. The molecule has 1 amide bonds. The van der Waals surface area contributed by atoms with E-state index in [1.54, 1.807) is 24.3 Å². The average molecular weight is 499 g/mol. The highest BCUT2D eigenvalue weighted by molar-refractivity contribution is 7.88. The van der Waals surface area contributed by atoms with E-state index in [4.69, 9.17) is 0 Å². The fourth-order valence-corrected chi connectivity index (χ4v) is 5.52. The number of benzene rings is 4. The average Bonchev–Trinajstić information content (AvgIpc) is 2.91. The van der Waals surface area contributed by atoms with E-state index < -0.39 is 22.1 Å². The molecule has 0 radical (unpaired) electrons. The summed E-state index contributed by atoms with van der Waals surface area (Å²) in [6.07, 6.45) is 0.897. The maximum Gasteiger partial charge on any atom is 0.238 e. The highest BCUT2D eigenvalue weighted by atomic mass is 32.2. The third kappa shape index (κ3) is 7.38. The van der Waals surface area contributed by atoms with Crippen molar-refractivity contribution in [1.82, 2.24) is 10.0 Å². The first-order chi connectivity index (χ1) is 17.5. The van der Waals surface area contributed by atoms with Crippen LogP contribution in [0.2, 0.25) is 0 Å². The minimum atomic E-state index is -3.76. The summed E-state index contributed by atoms with van der Waals surface area (Å²) in [6, 6.07) is 36.8. The lowest BCUT2D eigenvalue weighted by molar-refractivity contribution is -0.123. The van der Waals surface area contributed by atoms with Gasteiger partial charge in [-0.2, -0.15) is 0 Å². The summed E-state index contributed by atoms with van der Waals surface area (Å²) in [6.45, 7) is 0. The number of carbonyl (C=O) groups is 1. The monoisotopic (exact) mass is 498 g/mol. The van der Waals surface area contributed by atoms with Crippen molar-refractivity contribution in [3.63, 3.8) is 0 Å². The molecule has 0 fully saturated rings. The van der Waals surface area contributed by atoms with Crippen LogP contribution in [0.4, 0.5) is 0 Å². The largest absolute Gasteiger partial charge is 0.344 e. The van der Waals surface area contributed by atoms with Crippen molar-refractivity contribution in [2.45, 2.75) is 30.7 Å². The van der Waals surface area contributed by atoms with Gasteiger partial charge in [-0.25, -0.2) is 13.1 Å². The summed E-state index contributed by atoms with van der Waals surface area (Å²) in [5.74, 6) is -0.552. The molecular formula is C30H30N2O3S. The van der Waals surface area contributed by atoms with Gasteiger partial charge in [0, 0.05) is 0 Å². The molecule has 0 saturated heterocycles. The highest BCUT2D eigenvalue weighted by Gasteiger charge is 2.27. The lowest BCUT2D eigenvalue weighted by Crippen LogP contribution is -2.48. The molecule has 184 valence electrons. The van der Waals surface area contributed by atoms with Gasteiger partial charge in [0.25, 0.3) is 0 Å². The van der Waals surface area contributed by atoms with Gasteiger partial charge in [-0.05, 0) is 35.1 Å². The summed E-state index contributed by atoms with van der Waals surface area (Å²) < 4.78 is 28.8. The molecular weight excluding hydrogens is 468 g/mol. The van der Waals surface area contributed by atoms with E-state index in [-0.39, 0.29) is 11.7 Å². The van der Waals surface area contributed by atoms with Crippen molar-refractivity contribution in [2.75, 3.05) is 0 Å². The van der Waals surface area contributed by atoms with Crippen molar-refractivity contribution in [3.05, 3.63) is 144 Å². The third-order valence-electron chi connectivity index (χ3n) is 5.95. The fraction of sp³-hybridized carbons (Fsp3) is 0.167.